The smallest absolute Gasteiger partial charge is 0.254 e. The number of nitrogens with zero attached hydrogens (tertiary/aromatic N) is 4. The summed E-state index contributed by atoms with van der Waals surface area (Å²) in [6, 6.07) is 6.42. The summed E-state index contributed by atoms with van der Waals surface area (Å²) in [6.07, 6.45) is 3.35. The lowest BCUT2D eigenvalue weighted by molar-refractivity contribution is 0.00820. The van der Waals surface area contributed by atoms with Crippen LogP contribution in [0.15, 0.2) is 18.2 Å². The molecule has 3 saturated heterocycles. The van der Waals surface area contributed by atoms with Crippen molar-refractivity contribution in [1.82, 2.24) is 19.6 Å². The van der Waals surface area contributed by atoms with Gasteiger partial charge < -0.3 is 9.80 Å². The zero-order valence-corrected chi connectivity index (χ0v) is 14.8. The number of aryl methyl sites for hydroxylation is 1. The fourth-order valence-corrected chi connectivity index (χ4v) is 4.84. The molecule has 5 nitrogen and oxygen atoms in total. The summed E-state index contributed by atoms with van der Waals surface area (Å²) >= 11 is 0. The van der Waals surface area contributed by atoms with Gasteiger partial charge in [0.25, 0.3) is 5.91 Å². The molecule has 0 unspecified atom stereocenters. The Morgan fingerprint density at radius 1 is 1.17 bits per heavy atom. The van der Waals surface area contributed by atoms with Crippen molar-refractivity contribution >= 4 is 29.2 Å². The van der Waals surface area contributed by atoms with Crippen molar-refractivity contribution in [3.8, 4) is 0 Å². The number of hydrogen-bond donors (Lipinski definition) is 0. The Morgan fingerprint density at radius 2 is 1.96 bits per heavy atom. The summed E-state index contributed by atoms with van der Waals surface area (Å²) in [4.78, 5) is 18.0. The minimum atomic E-state index is 0. The molecule has 0 saturated carbocycles. The maximum atomic E-state index is 13.3. The molecule has 4 aliphatic rings. The van der Waals surface area contributed by atoms with Gasteiger partial charge in [-0.1, -0.05) is 6.07 Å². The van der Waals surface area contributed by atoms with E-state index in [2.05, 4.69) is 21.0 Å². The predicted octanol–water partition coefficient (Wildman–Crippen LogP) is 2.09. The van der Waals surface area contributed by atoms with Gasteiger partial charge in [0.1, 0.15) is 0 Å². The molecular weight excluding hydrogens is 324 g/mol. The number of carbonyl (C=O) groups excluding carboxylic acids is 1. The van der Waals surface area contributed by atoms with Gasteiger partial charge in [-0.15, -0.1) is 12.4 Å². The molecule has 1 atom stereocenters. The van der Waals surface area contributed by atoms with Gasteiger partial charge in [-0.25, -0.2) is 0 Å². The third-order valence-electron chi connectivity index (χ3n) is 6.05. The quantitative estimate of drug-likeness (QED) is 0.794. The first kappa shape index (κ1) is 15.9. The first-order chi connectivity index (χ1) is 11.2. The molecule has 3 fully saturated rings. The Hall–Kier alpha value is -1.59. The molecule has 128 valence electrons. The Morgan fingerprint density at radius 3 is 2.67 bits per heavy atom. The van der Waals surface area contributed by atoms with E-state index in [0.717, 1.165) is 41.7 Å². The summed E-state index contributed by atoms with van der Waals surface area (Å²) in [5.41, 5.74) is 3.00. The van der Waals surface area contributed by atoms with Crippen LogP contribution in [0.4, 0.5) is 0 Å². The fourth-order valence-electron chi connectivity index (χ4n) is 4.84. The number of halogens is 1. The number of piperidine rings is 3. The average molecular weight is 347 g/mol. The van der Waals surface area contributed by atoms with E-state index in [1.165, 1.54) is 25.9 Å². The van der Waals surface area contributed by atoms with Crippen LogP contribution in [0, 0.1) is 5.92 Å². The van der Waals surface area contributed by atoms with Gasteiger partial charge in [-0.2, -0.15) is 5.10 Å². The lowest BCUT2D eigenvalue weighted by atomic mass is 9.83. The third-order valence-corrected chi connectivity index (χ3v) is 6.05. The predicted molar refractivity (Wildman–Crippen MR) is 95.7 cm³/mol. The van der Waals surface area contributed by atoms with E-state index in [4.69, 9.17) is 0 Å². The number of benzene rings is 1. The second kappa shape index (κ2) is 5.74. The second-order valence-corrected chi connectivity index (χ2v) is 7.22. The van der Waals surface area contributed by atoms with Crippen LogP contribution in [0.2, 0.25) is 0 Å². The summed E-state index contributed by atoms with van der Waals surface area (Å²) in [5, 5.41) is 5.74. The molecule has 1 aromatic heterocycles. The molecule has 6 rings (SSSR count). The van der Waals surface area contributed by atoms with Crippen LogP contribution in [0.1, 0.15) is 28.9 Å². The maximum Gasteiger partial charge on any atom is 0.254 e. The minimum Gasteiger partial charge on any atom is -0.334 e. The topological polar surface area (TPSA) is 41.4 Å². The Bertz CT molecular complexity index is 794. The van der Waals surface area contributed by atoms with Gasteiger partial charge in [-0.05, 0) is 44.0 Å². The minimum absolute atomic E-state index is 0. The summed E-state index contributed by atoms with van der Waals surface area (Å²) in [5.74, 6) is 0.890. The van der Waals surface area contributed by atoms with Gasteiger partial charge in [0.2, 0.25) is 0 Å². The van der Waals surface area contributed by atoms with E-state index in [1.54, 1.807) is 0 Å². The van der Waals surface area contributed by atoms with Crippen LogP contribution in [-0.4, -0.2) is 57.7 Å². The zero-order chi connectivity index (χ0) is 15.6. The number of carbonyl (C=O) groups is 1. The summed E-state index contributed by atoms with van der Waals surface area (Å²) in [6.45, 7) is 4.27. The van der Waals surface area contributed by atoms with E-state index in [-0.39, 0.29) is 18.3 Å². The highest BCUT2D eigenvalue weighted by Gasteiger charge is 2.40. The van der Waals surface area contributed by atoms with Gasteiger partial charge in [-0.3, -0.25) is 9.48 Å². The average Bonchev–Trinajstić information content (AvgIpc) is 2.85. The van der Waals surface area contributed by atoms with Crippen LogP contribution in [0.3, 0.4) is 0 Å². The van der Waals surface area contributed by atoms with E-state index in [1.807, 2.05) is 23.9 Å². The molecule has 1 amide bonds. The van der Waals surface area contributed by atoms with Crippen LogP contribution in [0.25, 0.3) is 10.9 Å². The van der Waals surface area contributed by atoms with E-state index >= 15 is 0 Å². The second-order valence-electron chi connectivity index (χ2n) is 7.22. The van der Waals surface area contributed by atoms with Crippen LogP contribution >= 0.6 is 12.4 Å². The lowest BCUT2D eigenvalue weighted by Crippen LogP contribution is -2.58. The monoisotopic (exact) mass is 346 g/mol. The molecule has 0 spiro atoms. The number of fused-ring (bicyclic) bond motifs is 3. The molecular formula is C18H23ClN4O. The molecule has 5 heterocycles. The van der Waals surface area contributed by atoms with Crippen molar-refractivity contribution < 1.29 is 4.79 Å². The largest absolute Gasteiger partial charge is 0.334 e. The fraction of sp³-hybridized carbons (Fsp3) is 0.556. The molecule has 2 aromatic rings. The van der Waals surface area contributed by atoms with Gasteiger partial charge in [0.05, 0.1) is 16.8 Å². The Kier molecular flexibility index (Phi) is 3.81. The molecule has 0 N–H and O–H groups in total. The van der Waals surface area contributed by atoms with Crippen molar-refractivity contribution in [2.45, 2.75) is 25.3 Å². The van der Waals surface area contributed by atoms with Crippen LogP contribution in [-0.2, 0) is 13.5 Å². The molecule has 6 heteroatoms. The van der Waals surface area contributed by atoms with Crippen LogP contribution in [0.5, 0.6) is 0 Å². The first-order valence-electron chi connectivity index (χ1n) is 8.70. The highest BCUT2D eigenvalue weighted by atomic mass is 35.5. The highest BCUT2D eigenvalue weighted by Crippen LogP contribution is 2.34. The molecule has 2 bridgehead atoms. The van der Waals surface area contributed by atoms with Gasteiger partial charge >= 0.3 is 0 Å². The van der Waals surface area contributed by atoms with Crippen molar-refractivity contribution in [2.75, 3.05) is 26.2 Å². The maximum absolute atomic E-state index is 13.3. The van der Waals surface area contributed by atoms with Gasteiger partial charge in [0, 0.05) is 38.0 Å². The molecule has 1 aromatic carbocycles. The molecule has 4 aliphatic heterocycles. The van der Waals surface area contributed by atoms with Crippen molar-refractivity contribution in [2.24, 2.45) is 13.0 Å². The lowest BCUT2D eigenvalue weighted by Gasteiger charge is -2.49. The van der Waals surface area contributed by atoms with E-state index in [9.17, 15) is 4.79 Å². The van der Waals surface area contributed by atoms with E-state index < -0.39 is 0 Å². The zero-order valence-electron chi connectivity index (χ0n) is 13.9. The normalized spacial score (nSPS) is 28.8. The first-order valence-corrected chi connectivity index (χ1v) is 8.70. The molecule has 0 radical (unpaired) electrons. The van der Waals surface area contributed by atoms with Gasteiger partial charge in [0.15, 0.2) is 0 Å². The number of rotatable bonds is 1. The van der Waals surface area contributed by atoms with Crippen LogP contribution < -0.4 is 0 Å². The number of aromatic nitrogens is 2. The Balaban J connectivity index is 0.00000146. The number of hydrogen-bond acceptors (Lipinski definition) is 3. The highest BCUT2D eigenvalue weighted by molar-refractivity contribution is 6.08. The summed E-state index contributed by atoms with van der Waals surface area (Å²) < 4.78 is 1.91. The van der Waals surface area contributed by atoms with E-state index in [0.29, 0.717) is 12.0 Å². The number of amides is 1. The molecule has 24 heavy (non-hydrogen) atoms. The molecule has 0 aliphatic carbocycles. The summed E-state index contributed by atoms with van der Waals surface area (Å²) in [7, 11) is 1.97. The van der Waals surface area contributed by atoms with Crippen molar-refractivity contribution in [3.63, 3.8) is 0 Å². The third kappa shape index (κ3) is 2.18. The van der Waals surface area contributed by atoms with Crippen molar-refractivity contribution in [3.05, 3.63) is 29.5 Å². The standard InChI is InChI=1S/C18H22N4O.ClH/c1-20-15-4-2-3-13-17(15)14(19-20)7-10-22(18(13)23)16-11-21-8-5-12(16)6-9-21;/h2-4,12,16H,5-11H2,1H3;1H/t16-;/m1./s1. The van der Waals surface area contributed by atoms with Crippen molar-refractivity contribution in [1.29, 1.82) is 0 Å². The Labute approximate surface area is 148 Å². The SMILES string of the molecule is Cl.Cn1nc2c3c(cccc31)C(=O)N([C@@H]1CN3CCC1CC3)CC2.